The number of anilines is 1. The summed E-state index contributed by atoms with van der Waals surface area (Å²) in [5, 5.41) is 5.66. The Balaban J connectivity index is 1.38. The summed E-state index contributed by atoms with van der Waals surface area (Å²) in [5.74, 6) is 0.244. The van der Waals surface area contributed by atoms with Crippen LogP contribution in [0.1, 0.15) is 37.7 Å². The average Bonchev–Trinajstić information content (AvgIpc) is 3.32. The van der Waals surface area contributed by atoms with E-state index >= 15 is 0 Å². The molecule has 6 nitrogen and oxygen atoms in total. The van der Waals surface area contributed by atoms with Crippen LogP contribution < -0.4 is 10.6 Å². The van der Waals surface area contributed by atoms with Crippen molar-refractivity contribution in [3.05, 3.63) is 29.8 Å². The second kappa shape index (κ2) is 8.85. The molecule has 0 aromatic heterocycles. The smallest absolute Gasteiger partial charge is 0.319 e. The standard InChI is InChI=1S/C19H27N3O3/c23-18(22-11-1-2-12-22)10-7-15-5-8-16(9-6-15)21-19(24)20-14-17-4-3-13-25-17/h5-6,8-9,17H,1-4,7,10-14H2,(H2,20,21,24)/t17-/m1/s1. The molecule has 2 N–H and O–H groups in total. The first-order valence-electron chi connectivity index (χ1n) is 9.24. The summed E-state index contributed by atoms with van der Waals surface area (Å²) >= 11 is 0. The van der Waals surface area contributed by atoms with Gasteiger partial charge in [0, 0.05) is 38.3 Å². The first-order chi connectivity index (χ1) is 12.2. The summed E-state index contributed by atoms with van der Waals surface area (Å²) in [6.07, 6.45) is 5.75. The van der Waals surface area contributed by atoms with Gasteiger partial charge < -0.3 is 20.3 Å². The number of benzene rings is 1. The molecular formula is C19H27N3O3. The fraction of sp³-hybridized carbons (Fsp3) is 0.579. The molecule has 2 aliphatic heterocycles. The first kappa shape index (κ1) is 17.7. The van der Waals surface area contributed by atoms with Gasteiger partial charge in [-0.1, -0.05) is 12.1 Å². The Kier molecular flexibility index (Phi) is 6.28. The molecule has 6 heteroatoms. The number of urea groups is 1. The lowest BCUT2D eigenvalue weighted by molar-refractivity contribution is -0.130. The van der Waals surface area contributed by atoms with E-state index < -0.39 is 0 Å². The van der Waals surface area contributed by atoms with Crippen molar-refractivity contribution in [3.63, 3.8) is 0 Å². The van der Waals surface area contributed by atoms with Gasteiger partial charge >= 0.3 is 6.03 Å². The number of likely N-dealkylation sites (tertiary alicyclic amines) is 1. The van der Waals surface area contributed by atoms with E-state index in [4.69, 9.17) is 4.74 Å². The van der Waals surface area contributed by atoms with Crippen LogP contribution in [-0.4, -0.2) is 49.2 Å². The van der Waals surface area contributed by atoms with E-state index in [-0.39, 0.29) is 18.0 Å². The van der Waals surface area contributed by atoms with Crippen LogP contribution in [0.2, 0.25) is 0 Å². The van der Waals surface area contributed by atoms with E-state index in [1.54, 1.807) is 0 Å². The van der Waals surface area contributed by atoms with Crippen molar-refractivity contribution in [1.29, 1.82) is 0 Å². The maximum Gasteiger partial charge on any atom is 0.319 e. The van der Waals surface area contributed by atoms with Crippen LogP contribution in [0.5, 0.6) is 0 Å². The van der Waals surface area contributed by atoms with Crippen LogP contribution in [0.15, 0.2) is 24.3 Å². The molecule has 0 bridgehead atoms. The number of hydrogen-bond donors (Lipinski definition) is 2. The molecule has 0 radical (unpaired) electrons. The van der Waals surface area contributed by atoms with Gasteiger partial charge in [0.25, 0.3) is 0 Å². The number of hydrogen-bond acceptors (Lipinski definition) is 3. The lowest BCUT2D eigenvalue weighted by Gasteiger charge is -2.15. The molecule has 2 fully saturated rings. The predicted octanol–water partition coefficient (Wildman–Crippen LogP) is 2.54. The van der Waals surface area contributed by atoms with Gasteiger partial charge in [-0.2, -0.15) is 0 Å². The summed E-state index contributed by atoms with van der Waals surface area (Å²) in [6.45, 7) is 3.14. The van der Waals surface area contributed by atoms with E-state index in [2.05, 4.69) is 10.6 Å². The number of carbonyl (C=O) groups is 2. The molecule has 2 heterocycles. The van der Waals surface area contributed by atoms with Gasteiger partial charge in [-0.25, -0.2) is 4.79 Å². The third kappa shape index (κ3) is 5.46. The fourth-order valence-corrected chi connectivity index (χ4v) is 3.32. The van der Waals surface area contributed by atoms with Crippen molar-refractivity contribution in [2.75, 3.05) is 31.6 Å². The largest absolute Gasteiger partial charge is 0.376 e. The molecule has 0 saturated carbocycles. The molecular weight excluding hydrogens is 318 g/mol. The highest BCUT2D eigenvalue weighted by Gasteiger charge is 2.17. The zero-order valence-corrected chi connectivity index (χ0v) is 14.6. The highest BCUT2D eigenvalue weighted by atomic mass is 16.5. The van der Waals surface area contributed by atoms with Gasteiger partial charge in [-0.05, 0) is 49.8 Å². The van der Waals surface area contributed by atoms with Gasteiger partial charge in [0.2, 0.25) is 5.91 Å². The third-order valence-electron chi connectivity index (χ3n) is 4.81. The van der Waals surface area contributed by atoms with Crippen molar-refractivity contribution >= 4 is 17.6 Å². The quantitative estimate of drug-likeness (QED) is 0.832. The zero-order valence-electron chi connectivity index (χ0n) is 14.6. The summed E-state index contributed by atoms with van der Waals surface area (Å²) in [7, 11) is 0. The lowest BCUT2D eigenvalue weighted by Crippen LogP contribution is -2.35. The van der Waals surface area contributed by atoms with Crippen molar-refractivity contribution < 1.29 is 14.3 Å². The van der Waals surface area contributed by atoms with Gasteiger partial charge in [0.1, 0.15) is 0 Å². The zero-order chi connectivity index (χ0) is 17.5. The number of aryl methyl sites for hydroxylation is 1. The van der Waals surface area contributed by atoms with Gasteiger partial charge in [0.05, 0.1) is 6.10 Å². The molecule has 3 amide bonds. The molecule has 25 heavy (non-hydrogen) atoms. The molecule has 0 unspecified atom stereocenters. The Labute approximate surface area is 148 Å². The highest BCUT2D eigenvalue weighted by molar-refractivity contribution is 5.89. The minimum Gasteiger partial charge on any atom is -0.376 e. The van der Waals surface area contributed by atoms with E-state index in [1.165, 1.54) is 0 Å². The van der Waals surface area contributed by atoms with E-state index in [1.807, 2.05) is 29.2 Å². The Hall–Kier alpha value is -2.08. The SMILES string of the molecule is O=C(NC[C@H]1CCCO1)Nc1ccc(CCC(=O)N2CCCC2)cc1. The molecule has 1 aromatic carbocycles. The molecule has 136 valence electrons. The Morgan fingerprint density at radius 1 is 1.12 bits per heavy atom. The first-order valence-corrected chi connectivity index (χ1v) is 9.24. The van der Waals surface area contributed by atoms with Crippen LogP contribution in [-0.2, 0) is 16.0 Å². The van der Waals surface area contributed by atoms with Gasteiger partial charge in [-0.15, -0.1) is 0 Å². The van der Waals surface area contributed by atoms with Crippen LogP contribution in [0, 0.1) is 0 Å². The molecule has 1 atom stereocenters. The predicted molar refractivity (Wildman–Crippen MR) is 96.6 cm³/mol. The Bertz CT molecular complexity index is 576. The molecule has 0 aliphatic carbocycles. The average molecular weight is 345 g/mol. The van der Waals surface area contributed by atoms with Crippen molar-refractivity contribution in [2.45, 2.75) is 44.6 Å². The minimum absolute atomic E-state index is 0.140. The number of nitrogens with zero attached hydrogens (tertiary/aromatic N) is 1. The number of ether oxygens (including phenoxy) is 1. The van der Waals surface area contributed by atoms with Crippen molar-refractivity contribution in [3.8, 4) is 0 Å². The Morgan fingerprint density at radius 2 is 1.88 bits per heavy atom. The molecule has 1 aromatic rings. The van der Waals surface area contributed by atoms with Crippen LogP contribution in [0.25, 0.3) is 0 Å². The molecule has 2 aliphatic rings. The van der Waals surface area contributed by atoms with Crippen LogP contribution in [0.3, 0.4) is 0 Å². The summed E-state index contributed by atoms with van der Waals surface area (Å²) in [5.41, 5.74) is 1.86. The van der Waals surface area contributed by atoms with Crippen LogP contribution >= 0.6 is 0 Å². The molecule has 2 saturated heterocycles. The summed E-state index contributed by atoms with van der Waals surface area (Å²) in [4.78, 5) is 25.9. The third-order valence-corrected chi connectivity index (χ3v) is 4.81. The maximum absolute atomic E-state index is 12.1. The van der Waals surface area contributed by atoms with E-state index in [9.17, 15) is 9.59 Å². The second-order valence-corrected chi connectivity index (χ2v) is 6.75. The van der Waals surface area contributed by atoms with E-state index in [0.717, 1.165) is 63.1 Å². The number of rotatable bonds is 6. The van der Waals surface area contributed by atoms with Gasteiger partial charge in [-0.3, -0.25) is 4.79 Å². The fourth-order valence-electron chi connectivity index (χ4n) is 3.32. The second-order valence-electron chi connectivity index (χ2n) is 6.75. The maximum atomic E-state index is 12.1. The van der Waals surface area contributed by atoms with Crippen LogP contribution in [0.4, 0.5) is 10.5 Å². The molecule has 3 rings (SSSR count). The normalized spacial score (nSPS) is 19.8. The summed E-state index contributed by atoms with van der Waals surface area (Å²) < 4.78 is 5.48. The summed E-state index contributed by atoms with van der Waals surface area (Å²) in [6, 6.07) is 7.47. The number of amides is 3. The minimum atomic E-state index is -0.215. The van der Waals surface area contributed by atoms with Crippen molar-refractivity contribution in [1.82, 2.24) is 10.2 Å². The van der Waals surface area contributed by atoms with Gasteiger partial charge in [0.15, 0.2) is 0 Å². The lowest BCUT2D eigenvalue weighted by atomic mass is 10.1. The highest BCUT2D eigenvalue weighted by Crippen LogP contribution is 2.14. The Morgan fingerprint density at radius 3 is 2.56 bits per heavy atom. The molecule has 0 spiro atoms. The number of carbonyl (C=O) groups excluding carboxylic acids is 2. The van der Waals surface area contributed by atoms with E-state index in [0.29, 0.717) is 13.0 Å². The van der Waals surface area contributed by atoms with Crippen molar-refractivity contribution in [2.24, 2.45) is 0 Å². The number of nitrogens with one attached hydrogen (secondary N) is 2. The topological polar surface area (TPSA) is 70.7 Å². The monoisotopic (exact) mass is 345 g/mol.